The summed E-state index contributed by atoms with van der Waals surface area (Å²) >= 11 is 13.6. The van der Waals surface area contributed by atoms with Gasteiger partial charge in [0.15, 0.2) is 53.4 Å². The van der Waals surface area contributed by atoms with Crippen molar-refractivity contribution >= 4 is 71.3 Å². The normalized spacial score (nSPS) is 17.5. The maximum absolute atomic E-state index is 12.1. The second-order valence-electron chi connectivity index (χ2n) is 16.9. The topological polar surface area (TPSA) is 246 Å². The Kier molecular flexibility index (Phi) is 18.0. The number of rotatable bonds is 15. The van der Waals surface area contributed by atoms with Crippen LogP contribution in [0.4, 0.5) is 0 Å². The number of aliphatic hydroxyl groups is 3. The minimum absolute atomic E-state index is 0.00516. The number of ether oxygens (including phenoxy) is 9. The first-order valence-electron chi connectivity index (χ1n) is 22.7. The molecule has 21 heteroatoms. The number of esters is 3. The largest absolute Gasteiger partial charge is 0.492 e. The molecule has 0 bridgehead atoms. The van der Waals surface area contributed by atoms with E-state index in [1.54, 1.807) is 35.6 Å². The van der Waals surface area contributed by atoms with Crippen molar-refractivity contribution in [3.8, 4) is 34.5 Å². The number of aryl methyl sites for hydroxylation is 1. The molecule has 3 N–H and O–H groups in total. The third kappa shape index (κ3) is 12.4. The molecule has 4 heterocycles. The van der Waals surface area contributed by atoms with Gasteiger partial charge >= 0.3 is 17.9 Å². The molecule has 5 aromatic rings. The quantitative estimate of drug-likeness (QED) is 0.0510. The van der Waals surface area contributed by atoms with Gasteiger partial charge in [0.05, 0.1) is 61.3 Å². The Morgan fingerprint density at radius 1 is 0.603 bits per heavy atom. The number of carbonyl (C=O) groups excluding carboxylic acids is 6. The van der Waals surface area contributed by atoms with E-state index in [9.17, 15) is 44.1 Å². The number of thiophene rings is 1. The third-order valence-corrected chi connectivity index (χ3v) is 13.7. The van der Waals surface area contributed by atoms with Crippen molar-refractivity contribution < 1.29 is 86.7 Å². The number of carbonyl (C=O) groups is 6. The van der Waals surface area contributed by atoms with Crippen molar-refractivity contribution in [3.63, 3.8) is 0 Å². The number of fused-ring (bicyclic) bond motifs is 3. The van der Waals surface area contributed by atoms with Crippen LogP contribution in [-0.4, -0.2) is 98.9 Å². The van der Waals surface area contributed by atoms with Crippen LogP contribution in [0.15, 0.2) is 48.5 Å². The summed E-state index contributed by atoms with van der Waals surface area (Å²) in [4.78, 5) is 72.8. The van der Waals surface area contributed by atoms with Crippen molar-refractivity contribution in [2.24, 2.45) is 5.92 Å². The smallest absolute Gasteiger partial charge is 0.340 e. The molecular weight excluding hydrogens is 1020 g/mol. The lowest BCUT2D eigenvalue weighted by molar-refractivity contribution is -0.0699. The molecule has 3 atom stereocenters. The zero-order chi connectivity index (χ0) is 52.5. The summed E-state index contributed by atoms with van der Waals surface area (Å²) in [6.45, 7) is 2.90. The standard InChI is InChI=1S/C18H14Cl2O6.C17H16O6S.C17H20O6/c1-24-17-13(7-21)11-6-16(22)26-18(23)12(11)5-15(17)25-8-9-2-3-10(19)4-14(9)20;1-9-3-4-10(24-9)8-22-14-5-12-11(6-15(19)23-17(12)20)13(7-18)16(14)21-2;1-21-16-13(8-18)11-7-15(19)23-17(20)12(11)6-14(16)22-9-10-4-2-3-5-10/h2-5,7,16,22H,6,8H2,1H3;3-5,7,15,19H,6,8H2,1-2H3;6,8,10,15,19H,2-5,7,9H2,1H3. The molecule has 18 nitrogen and oxygen atoms in total. The average molecular weight is 1070 g/mol. The summed E-state index contributed by atoms with van der Waals surface area (Å²) in [5, 5.41) is 29.7. The Balaban J connectivity index is 0.000000161. The highest BCUT2D eigenvalue weighted by molar-refractivity contribution is 7.11. The van der Waals surface area contributed by atoms with E-state index in [4.69, 9.17) is 65.8 Å². The van der Waals surface area contributed by atoms with Crippen LogP contribution in [-0.2, 0) is 46.7 Å². The molecule has 3 unspecified atom stereocenters. The van der Waals surface area contributed by atoms with Gasteiger partial charge in [-0.3, -0.25) is 14.4 Å². The fourth-order valence-corrected chi connectivity index (χ4v) is 10.00. The SMILES string of the molecule is COc1c(OCC2CCCC2)cc2c(c1C=O)CC(O)OC2=O.COc1c(OCc2ccc(C)s2)cc2c(c1C=O)CC(O)OC2=O.COc1c(OCc2ccc(Cl)cc2Cl)cc2c(c1C=O)CC(O)OC2=O. The van der Waals surface area contributed by atoms with Gasteiger partial charge in [-0.05, 0) is 84.8 Å². The number of aldehydes is 3. The first kappa shape index (κ1) is 54.0. The van der Waals surface area contributed by atoms with Crippen molar-refractivity contribution in [1.82, 2.24) is 0 Å². The number of aliphatic hydroxyl groups excluding tert-OH is 3. The highest BCUT2D eigenvalue weighted by Crippen LogP contribution is 2.42. The second-order valence-corrected chi connectivity index (χ2v) is 19.1. The van der Waals surface area contributed by atoms with Crippen LogP contribution < -0.4 is 28.4 Å². The van der Waals surface area contributed by atoms with Crippen molar-refractivity contribution in [3.05, 3.63) is 124 Å². The van der Waals surface area contributed by atoms with Gasteiger partial charge in [-0.2, -0.15) is 0 Å². The van der Waals surface area contributed by atoms with E-state index < -0.39 is 36.8 Å². The molecule has 9 rings (SSSR count). The summed E-state index contributed by atoms with van der Waals surface area (Å²) in [6.07, 6.45) is 2.74. The molecule has 3 aliphatic heterocycles. The van der Waals surface area contributed by atoms with E-state index in [0.717, 1.165) is 22.6 Å². The first-order chi connectivity index (χ1) is 35.1. The molecule has 0 saturated heterocycles. The van der Waals surface area contributed by atoms with Gasteiger partial charge in [0.2, 0.25) is 18.9 Å². The predicted molar refractivity (Wildman–Crippen MR) is 262 cm³/mol. The molecule has 0 amide bonds. The van der Waals surface area contributed by atoms with E-state index in [0.29, 0.717) is 81.8 Å². The number of cyclic esters (lactones) is 3. The highest BCUT2D eigenvalue weighted by Gasteiger charge is 2.34. The minimum atomic E-state index is -1.31. The van der Waals surface area contributed by atoms with Gasteiger partial charge in [0.25, 0.3) is 0 Å². The van der Waals surface area contributed by atoms with Crippen LogP contribution in [0.1, 0.15) is 120 Å². The Hall–Kier alpha value is -6.74. The van der Waals surface area contributed by atoms with E-state index in [2.05, 4.69) is 0 Å². The highest BCUT2D eigenvalue weighted by atomic mass is 35.5. The number of methoxy groups -OCH3 is 3. The van der Waals surface area contributed by atoms with Gasteiger partial charge in [-0.25, -0.2) is 14.4 Å². The van der Waals surface area contributed by atoms with Gasteiger partial charge in [0, 0.05) is 44.6 Å². The molecule has 4 aromatic carbocycles. The van der Waals surface area contributed by atoms with E-state index in [-0.39, 0.29) is 82.2 Å². The van der Waals surface area contributed by atoms with Crippen LogP contribution in [0.2, 0.25) is 10.0 Å². The molecule has 1 saturated carbocycles. The number of hydrogen-bond donors (Lipinski definition) is 3. The average Bonchev–Trinajstić information content (AvgIpc) is 4.05. The number of halogens is 2. The fraction of sp³-hybridized carbons (Fsp3) is 0.346. The number of benzene rings is 4. The summed E-state index contributed by atoms with van der Waals surface area (Å²) in [6, 6.07) is 13.4. The lowest BCUT2D eigenvalue weighted by atomic mass is 9.95. The van der Waals surface area contributed by atoms with Crippen LogP contribution in [0, 0.1) is 12.8 Å². The zero-order valence-corrected chi connectivity index (χ0v) is 42.2. The summed E-state index contributed by atoms with van der Waals surface area (Å²) in [7, 11) is 4.26. The van der Waals surface area contributed by atoms with Crippen molar-refractivity contribution in [1.29, 1.82) is 0 Å². The Labute approximate surface area is 432 Å². The summed E-state index contributed by atoms with van der Waals surface area (Å²) in [5.74, 6) is -0.0213. The first-order valence-corrected chi connectivity index (χ1v) is 24.3. The predicted octanol–water partition coefficient (Wildman–Crippen LogP) is 8.02. The summed E-state index contributed by atoms with van der Waals surface area (Å²) < 4.78 is 47.7. The maximum atomic E-state index is 12.1. The Morgan fingerprint density at radius 2 is 1.03 bits per heavy atom. The molecule has 0 radical (unpaired) electrons. The molecule has 386 valence electrons. The van der Waals surface area contributed by atoms with Gasteiger partial charge in [-0.1, -0.05) is 42.1 Å². The van der Waals surface area contributed by atoms with Gasteiger partial charge < -0.3 is 58.0 Å². The van der Waals surface area contributed by atoms with Crippen molar-refractivity contribution in [2.45, 2.75) is 84.0 Å². The lowest BCUT2D eigenvalue weighted by Gasteiger charge is -2.24. The van der Waals surface area contributed by atoms with E-state index >= 15 is 0 Å². The molecule has 1 fully saturated rings. The summed E-state index contributed by atoms with van der Waals surface area (Å²) in [5.41, 5.74) is 3.05. The van der Waals surface area contributed by atoms with Gasteiger partial charge in [0.1, 0.15) is 13.2 Å². The molecule has 1 aliphatic carbocycles. The molecule has 73 heavy (non-hydrogen) atoms. The van der Waals surface area contributed by atoms with Gasteiger partial charge in [-0.15, -0.1) is 11.3 Å². The number of hydrogen-bond acceptors (Lipinski definition) is 19. The van der Waals surface area contributed by atoms with Crippen LogP contribution in [0.25, 0.3) is 0 Å². The monoisotopic (exact) mass is 1060 g/mol. The Bertz CT molecular complexity index is 2910. The Morgan fingerprint density at radius 3 is 1.41 bits per heavy atom. The third-order valence-electron chi connectivity index (χ3n) is 12.2. The fourth-order valence-electron chi connectivity index (χ4n) is 8.73. The molecule has 0 spiro atoms. The molecule has 1 aromatic heterocycles. The minimum Gasteiger partial charge on any atom is -0.492 e. The maximum Gasteiger partial charge on any atom is 0.340 e. The lowest BCUT2D eigenvalue weighted by Crippen LogP contribution is -2.28. The van der Waals surface area contributed by atoms with Crippen LogP contribution in [0.3, 0.4) is 0 Å². The van der Waals surface area contributed by atoms with Crippen LogP contribution in [0.5, 0.6) is 34.5 Å². The molecular formula is C52H50Cl2O18S. The second kappa shape index (κ2) is 24.3. The van der Waals surface area contributed by atoms with E-state index in [1.807, 2.05) is 19.1 Å². The zero-order valence-electron chi connectivity index (χ0n) is 39.9. The molecule has 4 aliphatic rings. The van der Waals surface area contributed by atoms with Crippen LogP contribution >= 0.6 is 34.5 Å². The van der Waals surface area contributed by atoms with E-state index in [1.165, 1.54) is 46.3 Å². The van der Waals surface area contributed by atoms with Crippen molar-refractivity contribution in [2.75, 3.05) is 27.9 Å².